The number of non-ortho nitro benzene ring substituents is 1. The van der Waals surface area contributed by atoms with Gasteiger partial charge in [-0.15, -0.1) is 0 Å². The van der Waals surface area contributed by atoms with Crippen molar-refractivity contribution in [2.75, 3.05) is 44.8 Å². The van der Waals surface area contributed by atoms with Crippen LogP contribution in [0.4, 0.5) is 11.4 Å². The lowest BCUT2D eigenvalue weighted by molar-refractivity contribution is -0.386. The van der Waals surface area contributed by atoms with E-state index in [4.69, 9.17) is 49.4 Å². The largest absolute Gasteiger partial charge is 0.381 e. The zero-order chi connectivity index (χ0) is 39.9. The van der Waals surface area contributed by atoms with Crippen LogP contribution in [0.2, 0.25) is 15.1 Å². The Kier molecular flexibility index (Phi) is 13.5. The molecule has 0 unspecified atom stereocenters. The van der Waals surface area contributed by atoms with Gasteiger partial charge in [-0.1, -0.05) is 60.8 Å². The fourth-order valence-electron chi connectivity index (χ4n) is 6.21. The minimum Gasteiger partial charge on any atom is -0.381 e. The molecule has 1 aromatic heterocycles. The maximum atomic E-state index is 13.9. The molecule has 0 saturated heterocycles. The molecule has 1 aliphatic heterocycles. The molecule has 14 nitrogen and oxygen atoms in total. The summed E-state index contributed by atoms with van der Waals surface area (Å²) >= 11 is 18.9. The van der Waals surface area contributed by atoms with E-state index in [2.05, 4.69) is 25.9 Å². The second-order valence-corrected chi connectivity index (χ2v) is 14.6. The summed E-state index contributed by atoms with van der Waals surface area (Å²) in [6, 6.07) is 15.2. The maximum Gasteiger partial charge on any atom is 0.296 e. The Balaban J connectivity index is 1.13. The van der Waals surface area contributed by atoms with Crippen molar-refractivity contribution in [1.82, 2.24) is 20.4 Å². The van der Waals surface area contributed by atoms with Crippen molar-refractivity contribution in [3.8, 4) is 16.9 Å². The average Bonchev–Trinajstić information content (AvgIpc) is 3.66. The van der Waals surface area contributed by atoms with E-state index in [0.29, 0.717) is 82.3 Å². The highest BCUT2D eigenvalue weighted by molar-refractivity contribution is 6.35. The molecular weight excluding hydrogens is 771 g/mol. The van der Waals surface area contributed by atoms with Gasteiger partial charge in [0.2, 0.25) is 5.91 Å². The second kappa shape index (κ2) is 17.9. The van der Waals surface area contributed by atoms with Crippen molar-refractivity contribution < 1.29 is 24.0 Å². The normalized spacial score (nSPS) is 13.1. The van der Waals surface area contributed by atoms with E-state index in [-0.39, 0.29) is 35.8 Å². The maximum absolute atomic E-state index is 13.9. The SMILES string of the molecule is CCC(CC)(NC(=O)c1nn(-c2ccc(Cl)cc2Cl)c(-c2ccc(Cl)cc2)c1C)C(=O)NCCOCCOCCNc1ccc([N+](=O)[O-])c2c1=NC(C)(C)N=2. The number of benzene rings is 3. The van der Waals surface area contributed by atoms with Gasteiger partial charge in [0.25, 0.3) is 11.6 Å². The fourth-order valence-corrected chi connectivity index (χ4v) is 6.82. The molecule has 0 bridgehead atoms. The van der Waals surface area contributed by atoms with Gasteiger partial charge in [-0.05, 0) is 70.0 Å². The molecule has 55 heavy (non-hydrogen) atoms. The third-order valence-corrected chi connectivity index (χ3v) is 9.94. The van der Waals surface area contributed by atoms with Gasteiger partial charge in [-0.3, -0.25) is 24.7 Å². The van der Waals surface area contributed by atoms with Crippen LogP contribution in [0.25, 0.3) is 16.9 Å². The highest BCUT2D eigenvalue weighted by Crippen LogP contribution is 2.33. The lowest BCUT2D eigenvalue weighted by atomic mass is 9.91. The molecule has 0 spiro atoms. The number of rotatable bonds is 18. The summed E-state index contributed by atoms with van der Waals surface area (Å²) in [7, 11) is 0. The number of carbonyl (C=O) groups is 2. The van der Waals surface area contributed by atoms with E-state index >= 15 is 0 Å². The highest BCUT2D eigenvalue weighted by atomic mass is 35.5. The summed E-state index contributed by atoms with van der Waals surface area (Å²) in [5.74, 6) is -0.849. The minimum absolute atomic E-state index is 0.0801. The van der Waals surface area contributed by atoms with Crippen LogP contribution in [0.5, 0.6) is 0 Å². The lowest BCUT2D eigenvalue weighted by Crippen LogP contribution is -2.58. The number of hydrogen-bond donors (Lipinski definition) is 3. The number of hydrogen-bond acceptors (Lipinski definition) is 10. The third kappa shape index (κ3) is 9.62. The van der Waals surface area contributed by atoms with Crippen molar-refractivity contribution in [1.29, 1.82) is 0 Å². The number of carbonyl (C=O) groups excluding carboxylic acids is 2. The number of nitrogens with zero attached hydrogens (tertiary/aromatic N) is 5. The van der Waals surface area contributed by atoms with Gasteiger partial charge in [0.1, 0.15) is 16.6 Å². The highest BCUT2D eigenvalue weighted by Gasteiger charge is 2.38. The first kappa shape index (κ1) is 41.6. The summed E-state index contributed by atoms with van der Waals surface area (Å²) < 4.78 is 12.9. The number of nitro groups is 1. The molecule has 0 atom stereocenters. The molecule has 4 aromatic rings. The molecular formula is C38H43Cl3N8O6. The van der Waals surface area contributed by atoms with Crippen LogP contribution in [0.1, 0.15) is 56.6 Å². The van der Waals surface area contributed by atoms with Crippen molar-refractivity contribution in [2.24, 2.45) is 9.98 Å². The molecule has 0 radical (unpaired) electrons. The van der Waals surface area contributed by atoms with Crippen molar-refractivity contribution in [3.05, 3.63) is 102 Å². The standard InChI is InChI=1S/C38H43Cl3N8O6/c1-6-38(7-2,46-35(50)31-23(3)34(24-8-10-25(39)11-9-24)48(47-31)29-14-12-26(40)22-27(29)41)36(51)43-17-19-55-21-20-54-18-16-42-28-13-15-30(49(52)53)33-32(28)44-37(4,5)45-33/h8-15,22,42H,6-7,16-21H2,1-5H3,(H,43,51)(H,46,50). The smallest absolute Gasteiger partial charge is 0.296 e. The van der Waals surface area contributed by atoms with Crippen LogP contribution in [-0.2, 0) is 14.3 Å². The monoisotopic (exact) mass is 812 g/mol. The van der Waals surface area contributed by atoms with Crippen LogP contribution in [0.15, 0.2) is 64.6 Å². The Bertz CT molecular complexity index is 2190. The molecule has 17 heteroatoms. The number of fused-ring (bicyclic) bond motifs is 1. The van der Waals surface area contributed by atoms with Gasteiger partial charge in [0, 0.05) is 40.3 Å². The van der Waals surface area contributed by atoms with Crippen LogP contribution in [0, 0.1) is 17.0 Å². The molecule has 5 rings (SSSR count). The molecule has 3 aromatic carbocycles. The molecule has 2 amide bonds. The first-order chi connectivity index (χ1) is 26.2. The number of nitro benzene ring substituents is 1. The summed E-state index contributed by atoms with van der Waals surface area (Å²) in [5.41, 5.74) is 1.23. The topological polar surface area (TPSA) is 174 Å². The first-order valence-corrected chi connectivity index (χ1v) is 18.9. The average molecular weight is 814 g/mol. The number of aromatic nitrogens is 2. The molecule has 3 N–H and O–H groups in total. The second-order valence-electron chi connectivity index (χ2n) is 13.3. The van der Waals surface area contributed by atoms with Crippen LogP contribution >= 0.6 is 34.8 Å². The van der Waals surface area contributed by atoms with Crippen molar-refractivity contribution >= 4 is 58.0 Å². The van der Waals surface area contributed by atoms with Crippen LogP contribution in [-0.4, -0.2) is 77.2 Å². The quantitative estimate of drug-likeness (QED) is 0.0600. The van der Waals surface area contributed by atoms with E-state index in [9.17, 15) is 19.7 Å². The number of amides is 2. The Morgan fingerprint density at radius 2 is 1.53 bits per heavy atom. The van der Waals surface area contributed by atoms with Gasteiger partial charge < -0.3 is 25.4 Å². The first-order valence-electron chi connectivity index (χ1n) is 17.8. The Morgan fingerprint density at radius 1 is 0.891 bits per heavy atom. The Hall–Kier alpha value is -4.60. The number of halogens is 3. The van der Waals surface area contributed by atoms with E-state index in [1.165, 1.54) is 6.07 Å². The number of anilines is 1. The van der Waals surface area contributed by atoms with E-state index in [0.717, 1.165) is 5.56 Å². The minimum atomic E-state index is -1.21. The molecule has 2 heterocycles. The summed E-state index contributed by atoms with van der Waals surface area (Å²) in [6.45, 7) is 10.9. The predicted molar refractivity (Wildman–Crippen MR) is 212 cm³/mol. The van der Waals surface area contributed by atoms with Gasteiger partial charge >= 0.3 is 0 Å². The Morgan fingerprint density at radius 3 is 2.16 bits per heavy atom. The molecule has 292 valence electrons. The van der Waals surface area contributed by atoms with Gasteiger partial charge in [0.05, 0.1) is 53.4 Å². The van der Waals surface area contributed by atoms with Crippen molar-refractivity contribution in [3.63, 3.8) is 0 Å². The van der Waals surface area contributed by atoms with Gasteiger partial charge in [-0.25, -0.2) is 9.67 Å². The third-order valence-electron chi connectivity index (χ3n) is 9.15. The fraction of sp³-hybridized carbons (Fsp3) is 0.395. The van der Waals surface area contributed by atoms with Crippen LogP contribution < -0.4 is 26.7 Å². The van der Waals surface area contributed by atoms with Gasteiger partial charge in [0.15, 0.2) is 11.1 Å². The zero-order valence-corrected chi connectivity index (χ0v) is 33.4. The number of nitrogens with one attached hydrogen (secondary N) is 3. The zero-order valence-electron chi connectivity index (χ0n) is 31.2. The van der Waals surface area contributed by atoms with E-state index in [1.54, 1.807) is 61.9 Å². The number of ether oxygens (including phenoxy) is 2. The summed E-state index contributed by atoms with van der Waals surface area (Å²) in [6.07, 6.45) is 0.667. The lowest BCUT2D eigenvalue weighted by Gasteiger charge is -2.31. The summed E-state index contributed by atoms with van der Waals surface area (Å²) in [5, 5.41) is 27.3. The van der Waals surface area contributed by atoms with E-state index in [1.807, 2.05) is 26.0 Å². The Labute approximate surface area is 333 Å². The van der Waals surface area contributed by atoms with E-state index < -0.39 is 22.0 Å². The predicted octanol–water partition coefficient (Wildman–Crippen LogP) is 6.26. The molecule has 0 fully saturated rings. The molecule has 1 aliphatic rings. The van der Waals surface area contributed by atoms with Crippen LogP contribution in [0.3, 0.4) is 0 Å². The summed E-state index contributed by atoms with van der Waals surface area (Å²) in [4.78, 5) is 47.4. The van der Waals surface area contributed by atoms with Gasteiger partial charge in [-0.2, -0.15) is 5.10 Å². The molecule has 0 aliphatic carbocycles. The van der Waals surface area contributed by atoms with Crippen molar-refractivity contribution in [2.45, 2.75) is 58.7 Å². The molecule has 0 saturated carbocycles.